The number of carbonyl (C=O) groups is 1. The van der Waals surface area contributed by atoms with Crippen LogP contribution < -0.4 is 0 Å². The molecule has 3 rings (SSSR count). The summed E-state index contributed by atoms with van der Waals surface area (Å²) in [4.78, 5) is 14.6. The molecule has 3 heterocycles. The first-order valence-electron chi connectivity index (χ1n) is 6.67. The molecule has 0 radical (unpaired) electrons. The molecule has 2 aromatic heterocycles. The van der Waals surface area contributed by atoms with Crippen LogP contribution in [0.5, 0.6) is 0 Å². The highest BCUT2D eigenvalue weighted by Gasteiger charge is 2.32. The number of hydrogen-bond donors (Lipinski definition) is 0. The van der Waals surface area contributed by atoms with E-state index in [4.69, 9.17) is 11.6 Å². The second-order valence-electron chi connectivity index (χ2n) is 5.26. The lowest BCUT2D eigenvalue weighted by Crippen LogP contribution is -2.31. The molecule has 5 nitrogen and oxygen atoms in total. The molecule has 0 N–H and O–H groups in total. The van der Waals surface area contributed by atoms with Crippen LogP contribution in [0.4, 0.5) is 0 Å². The molecule has 0 bridgehead atoms. The number of nitrogens with zero attached hydrogens (tertiary/aromatic N) is 4. The third-order valence-electron chi connectivity index (χ3n) is 3.81. The maximum absolute atomic E-state index is 12.7. The quantitative estimate of drug-likeness (QED) is 0.853. The van der Waals surface area contributed by atoms with Gasteiger partial charge in [-0.1, -0.05) is 11.6 Å². The fourth-order valence-corrected chi connectivity index (χ4v) is 3.10. The van der Waals surface area contributed by atoms with Gasteiger partial charge in [-0.25, -0.2) is 0 Å². The highest BCUT2D eigenvalue weighted by molar-refractivity contribution is 6.31. The molecule has 1 fully saturated rings. The second-order valence-corrected chi connectivity index (χ2v) is 5.69. The van der Waals surface area contributed by atoms with Gasteiger partial charge in [-0.15, -0.1) is 0 Å². The Balaban J connectivity index is 1.89. The van der Waals surface area contributed by atoms with Crippen LogP contribution >= 0.6 is 11.6 Å². The second kappa shape index (κ2) is 4.98. The Bertz CT molecular complexity index is 645. The van der Waals surface area contributed by atoms with Crippen LogP contribution in [0.25, 0.3) is 0 Å². The number of aryl methyl sites for hydroxylation is 2. The number of rotatable bonds is 2. The van der Waals surface area contributed by atoms with Crippen LogP contribution in [0.1, 0.15) is 34.9 Å². The summed E-state index contributed by atoms with van der Waals surface area (Å²) >= 11 is 5.97. The zero-order valence-electron chi connectivity index (χ0n) is 11.6. The third kappa shape index (κ3) is 2.22. The molecule has 106 valence electrons. The lowest BCUT2D eigenvalue weighted by Gasteiger charge is -2.24. The molecule has 1 aliphatic rings. The number of amides is 1. The van der Waals surface area contributed by atoms with Crippen molar-refractivity contribution in [1.29, 1.82) is 0 Å². The lowest BCUT2D eigenvalue weighted by molar-refractivity contribution is 0.0726. The van der Waals surface area contributed by atoms with Crippen LogP contribution in [-0.4, -0.2) is 31.7 Å². The standard InChI is InChI=1S/C14H17ClN4O/c1-17-9-11(15)6-13(17)14(20)19-5-3-4-12(19)10-7-16-18(2)8-10/h6-9,12H,3-5H2,1-2H3/t12-/m0/s1. The molecule has 2 aromatic rings. The fraction of sp³-hybridized carbons (Fsp3) is 0.429. The maximum Gasteiger partial charge on any atom is 0.271 e. The SMILES string of the molecule is Cn1cc([C@@H]2CCCN2C(=O)c2cc(Cl)cn2C)cn1. The van der Waals surface area contributed by atoms with E-state index in [0.717, 1.165) is 24.9 Å². The van der Waals surface area contributed by atoms with Gasteiger partial charge in [-0.3, -0.25) is 9.48 Å². The molecular formula is C14H17ClN4O. The van der Waals surface area contributed by atoms with Crippen molar-refractivity contribution >= 4 is 17.5 Å². The van der Waals surface area contributed by atoms with Crippen molar-refractivity contribution in [3.8, 4) is 0 Å². The molecule has 0 aromatic carbocycles. The number of likely N-dealkylation sites (tertiary alicyclic amines) is 1. The minimum Gasteiger partial charge on any atom is -0.345 e. The van der Waals surface area contributed by atoms with E-state index in [0.29, 0.717) is 10.7 Å². The lowest BCUT2D eigenvalue weighted by atomic mass is 10.1. The summed E-state index contributed by atoms with van der Waals surface area (Å²) < 4.78 is 3.55. The zero-order chi connectivity index (χ0) is 14.3. The van der Waals surface area contributed by atoms with Crippen molar-refractivity contribution in [2.24, 2.45) is 14.1 Å². The van der Waals surface area contributed by atoms with Gasteiger partial charge in [0.1, 0.15) is 5.69 Å². The number of halogens is 1. The van der Waals surface area contributed by atoms with Gasteiger partial charge < -0.3 is 9.47 Å². The number of aromatic nitrogens is 3. The normalized spacial score (nSPS) is 18.8. The van der Waals surface area contributed by atoms with Crippen LogP contribution in [0, 0.1) is 0 Å². The Morgan fingerprint density at radius 1 is 1.40 bits per heavy atom. The van der Waals surface area contributed by atoms with Crippen LogP contribution in [0.15, 0.2) is 24.7 Å². The highest BCUT2D eigenvalue weighted by atomic mass is 35.5. The molecule has 0 saturated carbocycles. The smallest absolute Gasteiger partial charge is 0.271 e. The van der Waals surface area contributed by atoms with E-state index >= 15 is 0 Å². The number of carbonyl (C=O) groups excluding carboxylic acids is 1. The van der Waals surface area contributed by atoms with Gasteiger partial charge in [-0.2, -0.15) is 5.10 Å². The first-order chi connectivity index (χ1) is 9.56. The first kappa shape index (κ1) is 13.2. The molecular weight excluding hydrogens is 276 g/mol. The highest BCUT2D eigenvalue weighted by Crippen LogP contribution is 2.33. The number of hydrogen-bond acceptors (Lipinski definition) is 2. The predicted molar refractivity (Wildman–Crippen MR) is 76.6 cm³/mol. The van der Waals surface area contributed by atoms with Gasteiger partial charge in [0.25, 0.3) is 5.91 Å². The van der Waals surface area contributed by atoms with Crippen molar-refractivity contribution in [2.75, 3.05) is 6.54 Å². The Morgan fingerprint density at radius 2 is 2.20 bits per heavy atom. The zero-order valence-corrected chi connectivity index (χ0v) is 12.3. The molecule has 0 unspecified atom stereocenters. The summed E-state index contributed by atoms with van der Waals surface area (Å²) in [6, 6.07) is 1.84. The molecule has 1 atom stereocenters. The van der Waals surface area contributed by atoms with E-state index in [1.54, 1.807) is 21.5 Å². The first-order valence-corrected chi connectivity index (χ1v) is 7.05. The monoisotopic (exact) mass is 292 g/mol. The Kier molecular flexibility index (Phi) is 3.30. The van der Waals surface area contributed by atoms with Crippen molar-refractivity contribution in [3.63, 3.8) is 0 Å². The molecule has 20 heavy (non-hydrogen) atoms. The van der Waals surface area contributed by atoms with E-state index in [2.05, 4.69) is 5.10 Å². The van der Waals surface area contributed by atoms with Crippen molar-refractivity contribution in [3.05, 3.63) is 40.9 Å². The average molecular weight is 293 g/mol. The Morgan fingerprint density at radius 3 is 2.80 bits per heavy atom. The Hall–Kier alpha value is -1.75. The van der Waals surface area contributed by atoms with Gasteiger partial charge >= 0.3 is 0 Å². The summed E-state index contributed by atoms with van der Waals surface area (Å²) in [6.45, 7) is 0.779. The van der Waals surface area contributed by atoms with E-state index in [1.807, 2.05) is 31.4 Å². The van der Waals surface area contributed by atoms with E-state index in [1.165, 1.54) is 0 Å². The summed E-state index contributed by atoms with van der Waals surface area (Å²) in [5.74, 6) is 0.0331. The molecule has 0 spiro atoms. The van der Waals surface area contributed by atoms with Crippen LogP contribution in [-0.2, 0) is 14.1 Å². The summed E-state index contributed by atoms with van der Waals surface area (Å²) in [7, 11) is 3.73. The van der Waals surface area contributed by atoms with Crippen LogP contribution in [0.2, 0.25) is 5.02 Å². The van der Waals surface area contributed by atoms with E-state index < -0.39 is 0 Å². The predicted octanol–water partition coefficient (Wildman–Crippen LogP) is 2.39. The Labute approximate surface area is 122 Å². The molecule has 1 aliphatic heterocycles. The van der Waals surface area contributed by atoms with Crippen molar-refractivity contribution in [2.45, 2.75) is 18.9 Å². The summed E-state index contributed by atoms with van der Waals surface area (Å²) in [5, 5.41) is 4.79. The topological polar surface area (TPSA) is 43.1 Å². The average Bonchev–Trinajstić information content (AvgIpc) is 3.08. The van der Waals surface area contributed by atoms with E-state index in [-0.39, 0.29) is 11.9 Å². The minimum atomic E-state index is 0.0331. The van der Waals surface area contributed by atoms with Gasteiger partial charge in [0.05, 0.1) is 17.3 Å². The largest absolute Gasteiger partial charge is 0.345 e. The van der Waals surface area contributed by atoms with Gasteiger partial charge in [-0.05, 0) is 18.9 Å². The fourth-order valence-electron chi connectivity index (χ4n) is 2.85. The van der Waals surface area contributed by atoms with Crippen molar-refractivity contribution < 1.29 is 4.79 Å². The third-order valence-corrected chi connectivity index (χ3v) is 4.02. The molecule has 0 aliphatic carbocycles. The molecule has 6 heteroatoms. The van der Waals surface area contributed by atoms with Gasteiger partial charge in [0.2, 0.25) is 0 Å². The van der Waals surface area contributed by atoms with Gasteiger partial charge in [0, 0.05) is 38.6 Å². The van der Waals surface area contributed by atoms with Crippen molar-refractivity contribution in [1.82, 2.24) is 19.2 Å². The summed E-state index contributed by atoms with van der Waals surface area (Å²) in [5.41, 5.74) is 1.73. The maximum atomic E-state index is 12.7. The van der Waals surface area contributed by atoms with Gasteiger partial charge in [0.15, 0.2) is 0 Å². The minimum absolute atomic E-state index is 0.0331. The van der Waals surface area contributed by atoms with Crippen LogP contribution in [0.3, 0.4) is 0 Å². The van der Waals surface area contributed by atoms with E-state index in [9.17, 15) is 4.79 Å². The summed E-state index contributed by atoms with van der Waals surface area (Å²) in [6.07, 6.45) is 7.57. The molecule has 1 saturated heterocycles. The molecule has 1 amide bonds.